The van der Waals surface area contributed by atoms with Crippen molar-refractivity contribution in [3.8, 4) is 0 Å². The van der Waals surface area contributed by atoms with Crippen molar-refractivity contribution in [3.05, 3.63) is 42.4 Å². The Kier molecular flexibility index (Phi) is 5.83. The quantitative estimate of drug-likeness (QED) is 0.778. The largest absolute Gasteiger partial charge is 0.357 e. The van der Waals surface area contributed by atoms with Gasteiger partial charge in [-0.3, -0.25) is 5.32 Å². The summed E-state index contributed by atoms with van der Waals surface area (Å²) in [6.07, 6.45) is 12.9. The van der Waals surface area contributed by atoms with Gasteiger partial charge in [0.05, 0.1) is 12.7 Å². The summed E-state index contributed by atoms with van der Waals surface area (Å²) in [5.41, 5.74) is 0.865. The van der Waals surface area contributed by atoms with Crippen molar-refractivity contribution in [2.75, 3.05) is 24.7 Å². The molecule has 1 atom stereocenters. The van der Waals surface area contributed by atoms with Gasteiger partial charge in [-0.25, -0.2) is 19.4 Å². The molecule has 2 heterocycles. The molecule has 0 unspecified atom stereocenters. The van der Waals surface area contributed by atoms with E-state index in [9.17, 15) is 4.79 Å². The van der Waals surface area contributed by atoms with E-state index in [4.69, 9.17) is 0 Å². The lowest BCUT2D eigenvalue weighted by molar-refractivity contribution is 0.220. The van der Waals surface area contributed by atoms with Crippen molar-refractivity contribution >= 4 is 17.8 Å². The molecule has 2 N–H and O–H groups in total. The molecule has 0 saturated heterocycles. The lowest BCUT2D eigenvalue weighted by atomic mass is 9.94. The summed E-state index contributed by atoms with van der Waals surface area (Å²) in [4.78, 5) is 22.4. The van der Waals surface area contributed by atoms with Crippen LogP contribution in [0.2, 0.25) is 0 Å². The molecule has 0 radical (unpaired) electrons. The number of nitrogens with one attached hydrogen (secondary N) is 2. The zero-order valence-electron chi connectivity index (χ0n) is 15.2. The third kappa shape index (κ3) is 4.59. The van der Waals surface area contributed by atoms with Crippen molar-refractivity contribution in [1.82, 2.24) is 24.6 Å². The van der Waals surface area contributed by atoms with Crippen LogP contribution in [0.25, 0.3) is 0 Å². The van der Waals surface area contributed by atoms with Gasteiger partial charge < -0.3 is 10.2 Å². The molecule has 2 aromatic rings. The summed E-state index contributed by atoms with van der Waals surface area (Å²) in [7, 11) is 3.51. The smallest absolute Gasteiger partial charge is 0.323 e. The molecule has 0 saturated carbocycles. The van der Waals surface area contributed by atoms with Gasteiger partial charge in [0.1, 0.15) is 5.82 Å². The molecule has 1 aliphatic carbocycles. The first kappa shape index (κ1) is 17.9. The Balaban J connectivity index is 1.57. The number of anilines is 2. The number of allylic oxidation sites excluding steroid dienone is 2. The zero-order chi connectivity index (χ0) is 18.4. The molecule has 138 valence electrons. The summed E-state index contributed by atoms with van der Waals surface area (Å²) in [6, 6.07) is 1.64. The van der Waals surface area contributed by atoms with E-state index >= 15 is 0 Å². The molecule has 0 aliphatic heterocycles. The minimum Gasteiger partial charge on any atom is -0.357 e. The second kappa shape index (κ2) is 8.46. The SMILES string of the molecule is CNc1ncc(CN(C)C(=O)Nc2ccnn2C[C@H]2CC=CCC2)cn1. The number of amides is 2. The summed E-state index contributed by atoms with van der Waals surface area (Å²) >= 11 is 0. The van der Waals surface area contributed by atoms with Crippen LogP contribution in [0.4, 0.5) is 16.6 Å². The highest BCUT2D eigenvalue weighted by Gasteiger charge is 2.16. The highest BCUT2D eigenvalue weighted by Crippen LogP contribution is 2.21. The van der Waals surface area contributed by atoms with Crippen LogP contribution in [0.15, 0.2) is 36.8 Å². The standard InChI is InChI=1S/C18H25N7O/c1-19-17-20-10-15(11-21-17)12-24(2)18(26)23-16-8-9-22-25(16)13-14-6-4-3-5-7-14/h3-4,8-11,14H,5-7,12-13H2,1-2H3,(H,23,26)(H,19,20,21)/t14-/m0/s1. The fourth-order valence-corrected chi connectivity index (χ4v) is 2.97. The molecule has 8 nitrogen and oxygen atoms in total. The first-order valence-corrected chi connectivity index (χ1v) is 8.83. The highest BCUT2D eigenvalue weighted by molar-refractivity contribution is 5.88. The first-order chi connectivity index (χ1) is 12.7. The maximum absolute atomic E-state index is 12.5. The molecular weight excluding hydrogens is 330 g/mol. The molecule has 26 heavy (non-hydrogen) atoms. The minimum absolute atomic E-state index is 0.187. The van der Waals surface area contributed by atoms with Gasteiger partial charge in [-0.15, -0.1) is 0 Å². The average Bonchev–Trinajstić information content (AvgIpc) is 3.09. The zero-order valence-corrected chi connectivity index (χ0v) is 15.2. The van der Waals surface area contributed by atoms with E-state index in [-0.39, 0.29) is 6.03 Å². The molecule has 2 amide bonds. The van der Waals surface area contributed by atoms with Gasteiger partial charge >= 0.3 is 6.03 Å². The van der Waals surface area contributed by atoms with Crippen molar-refractivity contribution in [3.63, 3.8) is 0 Å². The average molecular weight is 355 g/mol. The van der Waals surface area contributed by atoms with Gasteiger partial charge in [-0.2, -0.15) is 5.10 Å². The van der Waals surface area contributed by atoms with E-state index in [0.29, 0.717) is 18.4 Å². The van der Waals surface area contributed by atoms with Crippen LogP contribution in [0.3, 0.4) is 0 Å². The van der Waals surface area contributed by atoms with Crippen molar-refractivity contribution in [2.24, 2.45) is 5.92 Å². The maximum atomic E-state index is 12.5. The van der Waals surface area contributed by atoms with Gasteiger partial charge in [-0.1, -0.05) is 12.2 Å². The van der Waals surface area contributed by atoms with Crippen LogP contribution < -0.4 is 10.6 Å². The van der Waals surface area contributed by atoms with E-state index in [1.165, 1.54) is 0 Å². The summed E-state index contributed by atoms with van der Waals surface area (Å²) in [6.45, 7) is 1.24. The lowest BCUT2D eigenvalue weighted by Gasteiger charge is -2.21. The minimum atomic E-state index is -0.187. The van der Waals surface area contributed by atoms with E-state index < -0.39 is 0 Å². The Labute approximate surface area is 153 Å². The number of carbonyl (C=O) groups excluding carboxylic acids is 1. The van der Waals surface area contributed by atoms with Crippen LogP contribution in [-0.2, 0) is 13.1 Å². The Morgan fingerprint density at radius 1 is 1.35 bits per heavy atom. The molecule has 0 spiro atoms. The fraction of sp³-hybridized carbons (Fsp3) is 0.444. The van der Waals surface area contributed by atoms with Crippen molar-refractivity contribution in [2.45, 2.75) is 32.4 Å². The Morgan fingerprint density at radius 2 is 2.15 bits per heavy atom. The number of urea groups is 1. The topological polar surface area (TPSA) is 88.0 Å². The number of rotatable bonds is 6. The third-order valence-corrected chi connectivity index (χ3v) is 4.46. The van der Waals surface area contributed by atoms with Gasteiger partial charge in [0.25, 0.3) is 0 Å². The van der Waals surface area contributed by atoms with Crippen LogP contribution in [0, 0.1) is 5.92 Å². The number of hydrogen-bond acceptors (Lipinski definition) is 5. The van der Waals surface area contributed by atoms with Crippen LogP contribution in [0.5, 0.6) is 0 Å². The Bertz CT molecular complexity index is 753. The Morgan fingerprint density at radius 3 is 2.85 bits per heavy atom. The predicted molar refractivity (Wildman–Crippen MR) is 101 cm³/mol. The molecule has 8 heteroatoms. The number of carbonyl (C=O) groups is 1. The Hall–Kier alpha value is -2.90. The van der Waals surface area contributed by atoms with Gasteiger partial charge in [0.15, 0.2) is 0 Å². The molecule has 3 rings (SSSR count). The molecule has 2 aromatic heterocycles. The van der Waals surface area contributed by atoms with Crippen LogP contribution in [-0.4, -0.2) is 44.8 Å². The number of nitrogens with zero attached hydrogens (tertiary/aromatic N) is 5. The third-order valence-electron chi connectivity index (χ3n) is 4.46. The second-order valence-corrected chi connectivity index (χ2v) is 6.50. The fourth-order valence-electron chi connectivity index (χ4n) is 2.97. The summed E-state index contributed by atoms with van der Waals surface area (Å²) in [5.74, 6) is 1.84. The molecule has 0 fully saturated rings. The van der Waals surface area contributed by atoms with Gasteiger partial charge in [-0.05, 0) is 25.2 Å². The second-order valence-electron chi connectivity index (χ2n) is 6.50. The molecule has 0 aromatic carbocycles. The van der Waals surface area contributed by atoms with Crippen LogP contribution in [0.1, 0.15) is 24.8 Å². The van der Waals surface area contributed by atoms with Gasteiger partial charge in [0.2, 0.25) is 5.95 Å². The first-order valence-electron chi connectivity index (χ1n) is 8.83. The predicted octanol–water partition coefficient (Wildman–Crippen LogP) is 2.74. The van der Waals surface area contributed by atoms with E-state index in [1.54, 1.807) is 37.6 Å². The highest BCUT2D eigenvalue weighted by atomic mass is 16.2. The summed E-state index contributed by atoms with van der Waals surface area (Å²) < 4.78 is 1.88. The number of aromatic nitrogens is 4. The molecule has 1 aliphatic rings. The number of hydrogen-bond donors (Lipinski definition) is 2. The van der Waals surface area contributed by atoms with Crippen molar-refractivity contribution < 1.29 is 4.79 Å². The summed E-state index contributed by atoms with van der Waals surface area (Å²) in [5, 5.41) is 10.2. The molecular formula is C18H25N7O. The monoisotopic (exact) mass is 355 g/mol. The van der Waals surface area contributed by atoms with E-state index in [1.807, 2.05) is 10.7 Å². The van der Waals surface area contributed by atoms with E-state index in [0.717, 1.165) is 37.2 Å². The maximum Gasteiger partial charge on any atom is 0.323 e. The molecule has 0 bridgehead atoms. The van der Waals surface area contributed by atoms with E-state index in [2.05, 4.69) is 37.9 Å². The van der Waals surface area contributed by atoms with Crippen molar-refractivity contribution in [1.29, 1.82) is 0 Å². The lowest BCUT2D eigenvalue weighted by Crippen LogP contribution is -2.32. The normalized spacial score (nSPS) is 16.3. The van der Waals surface area contributed by atoms with Gasteiger partial charge in [0, 0.05) is 44.7 Å². The van der Waals surface area contributed by atoms with Crippen LogP contribution >= 0.6 is 0 Å².